The summed E-state index contributed by atoms with van der Waals surface area (Å²) in [6.45, 7) is 2.27. The van der Waals surface area contributed by atoms with Crippen molar-refractivity contribution in [3.05, 3.63) is 34.6 Å². The summed E-state index contributed by atoms with van der Waals surface area (Å²) in [5, 5.41) is 3.62. The van der Waals surface area contributed by atoms with Gasteiger partial charge in [0.15, 0.2) is 0 Å². The molecule has 1 aromatic carbocycles. The number of rotatable bonds is 3. The van der Waals surface area contributed by atoms with Gasteiger partial charge in [-0.15, -0.1) is 0 Å². The second kappa shape index (κ2) is 4.95. The first-order valence-corrected chi connectivity index (χ1v) is 6.52. The van der Waals surface area contributed by atoms with Crippen LogP contribution in [0.15, 0.2) is 18.2 Å². The summed E-state index contributed by atoms with van der Waals surface area (Å²) >= 11 is 6.01. The van der Waals surface area contributed by atoms with Crippen molar-refractivity contribution in [3.63, 3.8) is 0 Å². The Morgan fingerprint density at radius 2 is 2.29 bits per heavy atom. The highest BCUT2D eigenvalue weighted by atomic mass is 35.5. The summed E-state index contributed by atoms with van der Waals surface area (Å²) in [5.41, 5.74) is 1.18. The zero-order valence-electron chi connectivity index (χ0n) is 10.4. The number of hydrogen-bond acceptors (Lipinski definition) is 1. The fourth-order valence-electron chi connectivity index (χ4n) is 2.87. The van der Waals surface area contributed by atoms with Crippen LogP contribution in [0.2, 0.25) is 5.02 Å². The van der Waals surface area contributed by atoms with Crippen molar-refractivity contribution < 1.29 is 4.39 Å². The molecule has 17 heavy (non-hydrogen) atoms. The van der Waals surface area contributed by atoms with E-state index in [2.05, 4.69) is 12.2 Å². The van der Waals surface area contributed by atoms with Gasteiger partial charge in [-0.05, 0) is 49.8 Å². The molecule has 2 unspecified atom stereocenters. The number of halogens is 2. The van der Waals surface area contributed by atoms with Crippen LogP contribution in [0, 0.1) is 11.2 Å². The fraction of sp³-hybridized carbons (Fsp3) is 0.571. The van der Waals surface area contributed by atoms with Gasteiger partial charge >= 0.3 is 0 Å². The van der Waals surface area contributed by atoms with Gasteiger partial charge in [0.05, 0.1) is 5.02 Å². The van der Waals surface area contributed by atoms with Crippen LogP contribution in [0.3, 0.4) is 0 Å². The predicted molar refractivity (Wildman–Crippen MR) is 69.9 cm³/mol. The Kier molecular flexibility index (Phi) is 3.74. The summed E-state index contributed by atoms with van der Waals surface area (Å²) in [7, 11) is 2.01. The molecule has 0 heterocycles. The van der Waals surface area contributed by atoms with Crippen molar-refractivity contribution >= 4 is 11.6 Å². The quantitative estimate of drug-likeness (QED) is 0.866. The second-order valence-electron chi connectivity index (χ2n) is 5.43. The molecular weight excluding hydrogens is 237 g/mol. The van der Waals surface area contributed by atoms with Crippen LogP contribution in [0.5, 0.6) is 0 Å². The Hall–Kier alpha value is -0.600. The molecule has 2 rings (SSSR count). The van der Waals surface area contributed by atoms with Crippen molar-refractivity contribution in [3.8, 4) is 0 Å². The standard InChI is InChI=1S/C14H19ClFN/c1-14(7-6-11(9-14)17-2)8-10-4-3-5-12(16)13(10)15/h3-5,11,17H,6-9H2,1-2H3. The number of benzene rings is 1. The summed E-state index contributed by atoms with van der Waals surface area (Å²) in [5.74, 6) is -0.309. The van der Waals surface area contributed by atoms with Gasteiger partial charge in [-0.1, -0.05) is 30.7 Å². The molecule has 0 aromatic heterocycles. The van der Waals surface area contributed by atoms with E-state index in [1.165, 1.54) is 18.9 Å². The molecule has 0 saturated heterocycles. The normalized spacial score (nSPS) is 28.6. The molecule has 1 saturated carbocycles. The molecule has 1 aromatic rings. The molecule has 1 aliphatic rings. The molecule has 0 aliphatic heterocycles. The van der Waals surface area contributed by atoms with Gasteiger partial charge in [-0.2, -0.15) is 0 Å². The van der Waals surface area contributed by atoms with Gasteiger partial charge in [0.1, 0.15) is 5.82 Å². The van der Waals surface area contributed by atoms with Crippen molar-refractivity contribution in [2.75, 3.05) is 7.05 Å². The molecule has 1 nitrogen and oxygen atoms in total. The van der Waals surface area contributed by atoms with Crippen molar-refractivity contribution in [1.82, 2.24) is 5.32 Å². The summed E-state index contributed by atoms with van der Waals surface area (Å²) < 4.78 is 13.4. The van der Waals surface area contributed by atoms with Crippen molar-refractivity contribution in [2.24, 2.45) is 5.41 Å². The van der Waals surface area contributed by atoms with Gasteiger partial charge < -0.3 is 5.32 Å². The first-order valence-electron chi connectivity index (χ1n) is 6.14. The maximum Gasteiger partial charge on any atom is 0.142 e. The Morgan fingerprint density at radius 1 is 1.53 bits per heavy atom. The predicted octanol–water partition coefficient (Wildman–Crippen LogP) is 3.80. The molecular formula is C14H19ClFN. The van der Waals surface area contributed by atoms with Gasteiger partial charge in [0.2, 0.25) is 0 Å². The largest absolute Gasteiger partial charge is 0.317 e. The van der Waals surface area contributed by atoms with Gasteiger partial charge in [-0.25, -0.2) is 4.39 Å². The molecule has 0 amide bonds. The molecule has 0 radical (unpaired) electrons. The topological polar surface area (TPSA) is 12.0 Å². The van der Waals surface area contributed by atoms with Crippen LogP contribution in [0.4, 0.5) is 4.39 Å². The lowest BCUT2D eigenvalue weighted by molar-refractivity contribution is 0.324. The lowest BCUT2D eigenvalue weighted by atomic mass is 9.82. The maximum atomic E-state index is 13.4. The SMILES string of the molecule is CNC1CCC(C)(Cc2cccc(F)c2Cl)C1. The Bertz CT molecular complexity index is 407. The van der Waals surface area contributed by atoms with E-state index < -0.39 is 0 Å². The summed E-state index contributed by atoms with van der Waals surface area (Å²) in [4.78, 5) is 0. The highest BCUT2D eigenvalue weighted by Gasteiger charge is 2.34. The van der Waals surface area contributed by atoms with Crippen LogP contribution in [0.1, 0.15) is 31.7 Å². The van der Waals surface area contributed by atoms with E-state index in [-0.39, 0.29) is 11.2 Å². The zero-order valence-corrected chi connectivity index (χ0v) is 11.1. The monoisotopic (exact) mass is 255 g/mol. The molecule has 2 atom stereocenters. The Morgan fingerprint density at radius 3 is 2.94 bits per heavy atom. The molecule has 0 spiro atoms. The van der Waals surface area contributed by atoms with E-state index in [1.807, 2.05) is 13.1 Å². The highest BCUT2D eigenvalue weighted by molar-refractivity contribution is 6.31. The van der Waals surface area contributed by atoms with E-state index in [4.69, 9.17) is 11.6 Å². The summed E-state index contributed by atoms with van der Waals surface area (Å²) in [6, 6.07) is 5.68. The molecule has 1 aliphatic carbocycles. The van der Waals surface area contributed by atoms with Gasteiger partial charge in [-0.3, -0.25) is 0 Å². The minimum absolute atomic E-state index is 0.241. The fourth-order valence-corrected chi connectivity index (χ4v) is 3.07. The zero-order chi connectivity index (χ0) is 12.5. The van der Waals surface area contributed by atoms with E-state index >= 15 is 0 Å². The van der Waals surface area contributed by atoms with Crippen LogP contribution in [-0.4, -0.2) is 13.1 Å². The average Bonchev–Trinajstić information content (AvgIpc) is 2.67. The molecule has 3 heteroatoms. The molecule has 1 N–H and O–H groups in total. The molecule has 94 valence electrons. The minimum atomic E-state index is -0.309. The van der Waals surface area contributed by atoms with Crippen LogP contribution in [0.25, 0.3) is 0 Å². The second-order valence-corrected chi connectivity index (χ2v) is 5.81. The summed E-state index contributed by atoms with van der Waals surface area (Å²) in [6.07, 6.45) is 4.36. The third kappa shape index (κ3) is 2.80. The van der Waals surface area contributed by atoms with Gasteiger partial charge in [0, 0.05) is 6.04 Å². The molecule has 0 bridgehead atoms. The van der Waals surface area contributed by atoms with Crippen LogP contribution >= 0.6 is 11.6 Å². The lowest BCUT2D eigenvalue weighted by Gasteiger charge is -2.25. The number of nitrogens with one attached hydrogen (secondary N) is 1. The van der Waals surface area contributed by atoms with E-state index in [0.717, 1.165) is 18.4 Å². The first kappa shape index (κ1) is 12.8. The first-order chi connectivity index (χ1) is 8.04. The number of hydrogen-bond donors (Lipinski definition) is 1. The lowest BCUT2D eigenvalue weighted by Crippen LogP contribution is -2.24. The van der Waals surface area contributed by atoms with E-state index in [9.17, 15) is 4.39 Å². The van der Waals surface area contributed by atoms with Crippen molar-refractivity contribution in [1.29, 1.82) is 0 Å². The average molecular weight is 256 g/mol. The third-order valence-electron chi connectivity index (χ3n) is 3.89. The van der Waals surface area contributed by atoms with E-state index in [1.54, 1.807) is 6.07 Å². The highest BCUT2D eigenvalue weighted by Crippen LogP contribution is 2.41. The molecule has 1 fully saturated rings. The third-order valence-corrected chi connectivity index (χ3v) is 4.32. The van der Waals surface area contributed by atoms with Crippen LogP contribution < -0.4 is 5.32 Å². The van der Waals surface area contributed by atoms with Gasteiger partial charge in [0.25, 0.3) is 0 Å². The van der Waals surface area contributed by atoms with E-state index in [0.29, 0.717) is 11.1 Å². The Labute approximate surface area is 107 Å². The van der Waals surface area contributed by atoms with Crippen LogP contribution in [-0.2, 0) is 6.42 Å². The Balaban J connectivity index is 2.13. The van der Waals surface area contributed by atoms with Crippen molar-refractivity contribution in [2.45, 2.75) is 38.6 Å². The maximum absolute atomic E-state index is 13.4. The smallest absolute Gasteiger partial charge is 0.142 e. The minimum Gasteiger partial charge on any atom is -0.317 e.